The van der Waals surface area contributed by atoms with Crippen LogP contribution in [0.25, 0.3) is 0 Å². The molecule has 1 fully saturated rings. The Labute approximate surface area is 159 Å². The van der Waals surface area contributed by atoms with Crippen molar-refractivity contribution in [2.24, 2.45) is 10.9 Å². The summed E-state index contributed by atoms with van der Waals surface area (Å²) in [6.07, 6.45) is 8.90. The first kappa shape index (κ1) is 20.7. The van der Waals surface area contributed by atoms with Gasteiger partial charge in [0.1, 0.15) is 12.4 Å². The fourth-order valence-electron chi connectivity index (χ4n) is 3.40. The minimum Gasteiger partial charge on any atom is -0.357 e. The predicted octanol–water partition coefficient (Wildman–Crippen LogP) is 2.86. The summed E-state index contributed by atoms with van der Waals surface area (Å²) in [7, 11) is 0. The second-order valence-corrected chi connectivity index (χ2v) is 7.70. The highest BCUT2D eigenvalue weighted by Gasteiger charge is 2.19. The number of hydrogen-bond acceptors (Lipinski definition) is 3. The highest BCUT2D eigenvalue weighted by molar-refractivity contribution is 5.80. The largest absolute Gasteiger partial charge is 0.357 e. The number of imidazole rings is 1. The van der Waals surface area contributed by atoms with Crippen LogP contribution in [0.2, 0.25) is 0 Å². The van der Waals surface area contributed by atoms with Gasteiger partial charge in [0.25, 0.3) is 0 Å². The van der Waals surface area contributed by atoms with Gasteiger partial charge in [-0.1, -0.05) is 27.2 Å². The molecule has 1 aromatic heterocycles. The van der Waals surface area contributed by atoms with Crippen LogP contribution >= 0.6 is 0 Å². The van der Waals surface area contributed by atoms with Crippen molar-refractivity contribution in [2.75, 3.05) is 26.2 Å². The van der Waals surface area contributed by atoms with Crippen LogP contribution in [-0.4, -0.2) is 52.6 Å². The van der Waals surface area contributed by atoms with E-state index < -0.39 is 0 Å². The van der Waals surface area contributed by atoms with Gasteiger partial charge in [0.05, 0.1) is 0 Å². The summed E-state index contributed by atoms with van der Waals surface area (Å²) in [5.41, 5.74) is 0. The Morgan fingerprint density at radius 1 is 1.31 bits per heavy atom. The third-order valence-corrected chi connectivity index (χ3v) is 4.84. The lowest BCUT2D eigenvalue weighted by molar-refractivity contribution is 0.203. The molecule has 0 radical (unpaired) electrons. The van der Waals surface area contributed by atoms with Gasteiger partial charge in [0.15, 0.2) is 5.96 Å². The maximum Gasteiger partial charge on any atom is 0.191 e. The highest BCUT2D eigenvalue weighted by Crippen LogP contribution is 2.11. The van der Waals surface area contributed by atoms with Crippen molar-refractivity contribution in [1.29, 1.82) is 0 Å². The molecule has 2 rings (SSSR count). The molecule has 1 aliphatic rings. The highest BCUT2D eigenvalue weighted by atomic mass is 15.2. The van der Waals surface area contributed by atoms with Gasteiger partial charge in [-0.05, 0) is 38.6 Å². The van der Waals surface area contributed by atoms with Gasteiger partial charge in [-0.2, -0.15) is 0 Å². The summed E-state index contributed by atoms with van der Waals surface area (Å²) in [5, 5.41) is 7.02. The Hall–Kier alpha value is -1.56. The van der Waals surface area contributed by atoms with Crippen LogP contribution in [0.5, 0.6) is 0 Å². The summed E-state index contributed by atoms with van der Waals surface area (Å²) < 4.78 is 2.21. The number of nitrogens with one attached hydrogen (secondary N) is 2. The van der Waals surface area contributed by atoms with Crippen LogP contribution in [0, 0.1) is 5.92 Å². The van der Waals surface area contributed by atoms with E-state index in [0.29, 0.717) is 18.5 Å². The number of aliphatic imine (C=N–C) groups is 1. The van der Waals surface area contributed by atoms with E-state index in [1.165, 1.54) is 45.3 Å². The summed E-state index contributed by atoms with van der Waals surface area (Å²) in [4.78, 5) is 11.9. The minimum atomic E-state index is 0.515. The Morgan fingerprint density at radius 2 is 2.08 bits per heavy atom. The molecular formula is C20H38N6. The first-order chi connectivity index (χ1) is 12.6. The smallest absolute Gasteiger partial charge is 0.191 e. The van der Waals surface area contributed by atoms with Crippen molar-refractivity contribution >= 4 is 5.96 Å². The number of nitrogens with zero attached hydrogens (tertiary/aromatic N) is 4. The lowest BCUT2D eigenvalue weighted by Crippen LogP contribution is -2.48. The van der Waals surface area contributed by atoms with E-state index in [1.54, 1.807) is 0 Å². The van der Waals surface area contributed by atoms with Crippen LogP contribution in [0.4, 0.5) is 0 Å². The molecule has 6 heteroatoms. The zero-order chi connectivity index (χ0) is 18.8. The summed E-state index contributed by atoms with van der Waals surface area (Å²) in [6, 6.07) is 0.515. The monoisotopic (exact) mass is 362 g/mol. The minimum absolute atomic E-state index is 0.515. The fourth-order valence-corrected chi connectivity index (χ4v) is 3.40. The number of likely N-dealkylation sites (tertiary alicyclic amines) is 1. The Kier molecular flexibility index (Phi) is 8.95. The molecule has 0 unspecified atom stereocenters. The lowest BCUT2D eigenvalue weighted by Gasteiger charge is -2.33. The molecule has 2 N–H and O–H groups in total. The molecule has 0 spiro atoms. The average Bonchev–Trinajstić information content (AvgIpc) is 3.05. The van der Waals surface area contributed by atoms with E-state index >= 15 is 0 Å². The van der Waals surface area contributed by atoms with Crippen LogP contribution in [0.15, 0.2) is 17.4 Å². The maximum atomic E-state index is 4.78. The zero-order valence-electron chi connectivity index (χ0n) is 17.2. The Balaban J connectivity index is 1.86. The van der Waals surface area contributed by atoms with Crippen LogP contribution in [0.3, 0.4) is 0 Å². The third-order valence-electron chi connectivity index (χ3n) is 4.84. The molecule has 148 valence electrons. The number of rotatable bonds is 9. The normalized spacial score (nSPS) is 17.0. The average molecular weight is 363 g/mol. The van der Waals surface area contributed by atoms with E-state index in [0.717, 1.165) is 24.9 Å². The van der Waals surface area contributed by atoms with Gasteiger partial charge in [0, 0.05) is 44.6 Å². The fraction of sp³-hybridized carbons (Fsp3) is 0.800. The lowest BCUT2D eigenvalue weighted by atomic mass is 10.0. The maximum absolute atomic E-state index is 4.78. The topological polar surface area (TPSA) is 57.5 Å². The molecule has 1 saturated heterocycles. The predicted molar refractivity (Wildman–Crippen MR) is 109 cm³/mol. The molecule has 2 heterocycles. The first-order valence-corrected chi connectivity index (χ1v) is 10.4. The molecule has 0 aromatic carbocycles. The molecule has 1 aliphatic heterocycles. The van der Waals surface area contributed by atoms with Gasteiger partial charge in [-0.15, -0.1) is 0 Å². The Morgan fingerprint density at radius 3 is 2.73 bits per heavy atom. The van der Waals surface area contributed by atoms with Crippen molar-refractivity contribution in [3.05, 3.63) is 18.2 Å². The molecule has 0 atom stereocenters. The second kappa shape index (κ2) is 11.2. The van der Waals surface area contributed by atoms with Crippen molar-refractivity contribution < 1.29 is 0 Å². The Bertz CT molecular complexity index is 528. The molecule has 0 aliphatic carbocycles. The molecule has 26 heavy (non-hydrogen) atoms. The summed E-state index contributed by atoms with van der Waals surface area (Å²) >= 11 is 0. The van der Waals surface area contributed by atoms with Crippen molar-refractivity contribution in [2.45, 2.75) is 72.5 Å². The van der Waals surface area contributed by atoms with E-state index in [-0.39, 0.29) is 0 Å². The number of guanidine groups is 1. The van der Waals surface area contributed by atoms with Gasteiger partial charge in [-0.25, -0.2) is 9.98 Å². The molecule has 0 saturated carbocycles. The van der Waals surface area contributed by atoms with Gasteiger partial charge in [-0.3, -0.25) is 0 Å². The zero-order valence-corrected chi connectivity index (χ0v) is 17.2. The SMILES string of the molecule is CCCCN1CCC(NC(=NCc2nccn2CC(C)C)NCC)CC1. The first-order valence-electron chi connectivity index (χ1n) is 10.4. The molecule has 1 aromatic rings. The van der Waals surface area contributed by atoms with Gasteiger partial charge >= 0.3 is 0 Å². The number of piperidine rings is 1. The quantitative estimate of drug-likeness (QED) is 0.524. The molecule has 0 bridgehead atoms. The van der Waals surface area contributed by atoms with Crippen LogP contribution in [0.1, 0.15) is 59.2 Å². The van der Waals surface area contributed by atoms with Gasteiger partial charge < -0.3 is 20.1 Å². The third kappa shape index (κ3) is 6.98. The van der Waals surface area contributed by atoms with E-state index in [4.69, 9.17) is 4.99 Å². The van der Waals surface area contributed by atoms with E-state index in [1.807, 2.05) is 6.20 Å². The standard InChI is InChI=1S/C20H38N6/c1-5-7-11-25-12-8-18(9-13-25)24-20(21-6-2)23-15-19-22-10-14-26(19)16-17(3)4/h10,14,17-18H,5-9,11-13,15-16H2,1-4H3,(H2,21,23,24). The van der Waals surface area contributed by atoms with Crippen molar-refractivity contribution in [1.82, 2.24) is 25.1 Å². The molecule has 6 nitrogen and oxygen atoms in total. The summed E-state index contributed by atoms with van der Waals surface area (Å²) in [5.74, 6) is 2.56. The number of unbranched alkanes of at least 4 members (excludes halogenated alkanes) is 1. The van der Waals surface area contributed by atoms with Gasteiger partial charge in [0.2, 0.25) is 0 Å². The summed E-state index contributed by atoms with van der Waals surface area (Å²) in [6.45, 7) is 14.9. The van der Waals surface area contributed by atoms with Crippen LogP contribution in [-0.2, 0) is 13.1 Å². The second-order valence-electron chi connectivity index (χ2n) is 7.70. The van der Waals surface area contributed by atoms with E-state index in [2.05, 4.69) is 59.0 Å². The van der Waals surface area contributed by atoms with E-state index in [9.17, 15) is 0 Å². The number of hydrogen-bond donors (Lipinski definition) is 2. The van der Waals surface area contributed by atoms with Crippen LogP contribution < -0.4 is 10.6 Å². The molecule has 0 amide bonds. The van der Waals surface area contributed by atoms with Crippen molar-refractivity contribution in [3.8, 4) is 0 Å². The molecular weight excluding hydrogens is 324 g/mol. The van der Waals surface area contributed by atoms with Crippen molar-refractivity contribution in [3.63, 3.8) is 0 Å². The number of aromatic nitrogens is 2.